The fourth-order valence-electron chi connectivity index (χ4n) is 2.10. The van der Waals surface area contributed by atoms with Crippen molar-refractivity contribution in [3.8, 4) is 0 Å². The van der Waals surface area contributed by atoms with Gasteiger partial charge in [-0.25, -0.2) is 0 Å². The summed E-state index contributed by atoms with van der Waals surface area (Å²) >= 11 is 3.57. The van der Waals surface area contributed by atoms with Crippen molar-refractivity contribution in [1.82, 2.24) is 5.32 Å². The minimum Gasteiger partial charge on any atom is -0.369 e. The molecule has 0 aliphatic carbocycles. The van der Waals surface area contributed by atoms with Crippen LogP contribution in [0.2, 0.25) is 0 Å². The first kappa shape index (κ1) is 14.5. The number of hydrogen-bond donors (Lipinski definition) is 1. The number of nitrogens with zero attached hydrogens (tertiary/aromatic N) is 1. The lowest BCUT2D eigenvalue weighted by molar-refractivity contribution is 0.637. The number of anilines is 1. The van der Waals surface area contributed by atoms with Gasteiger partial charge in [-0.15, -0.1) is 0 Å². The van der Waals surface area contributed by atoms with Gasteiger partial charge in [-0.1, -0.05) is 22.0 Å². The van der Waals surface area contributed by atoms with Crippen LogP contribution in [-0.2, 0) is 0 Å². The molecule has 1 rings (SSSR count). The summed E-state index contributed by atoms with van der Waals surface area (Å²) in [6.07, 6.45) is 0. The molecule has 0 bridgehead atoms. The molecule has 0 aliphatic rings. The molecule has 2 nitrogen and oxygen atoms in total. The van der Waals surface area contributed by atoms with Crippen molar-refractivity contribution in [2.24, 2.45) is 0 Å². The van der Waals surface area contributed by atoms with Crippen molar-refractivity contribution in [1.29, 1.82) is 0 Å². The Labute approximate surface area is 114 Å². The minimum absolute atomic E-state index is 0.367. The van der Waals surface area contributed by atoms with Crippen LogP contribution in [0.15, 0.2) is 22.7 Å². The molecule has 1 atom stereocenters. The maximum absolute atomic E-state index is 3.57. The van der Waals surface area contributed by atoms with Crippen LogP contribution in [0.1, 0.15) is 39.3 Å². The molecular formula is C14H23BrN2. The SMILES string of the molecule is CCN(c1cc(Br)ccc1C(C)NC)C(C)C. The number of rotatable bonds is 5. The van der Waals surface area contributed by atoms with E-state index < -0.39 is 0 Å². The molecule has 0 saturated carbocycles. The Balaban J connectivity index is 3.22. The molecule has 1 aromatic rings. The Morgan fingerprint density at radius 1 is 1.29 bits per heavy atom. The summed E-state index contributed by atoms with van der Waals surface area (Å²) in [5.74, 6) is 0. The first-order valence-electron chi connectivity index (χ1n) is 6.24. The molecule has 96 valence electrons. The molecule has 0 amide bonds. The van der Waals surface area contributed by atoms with Gasteiger partial charge in [-0.05, 0) is 52.4 Å². The number of benzene rings is 1. The lowest BCUT2D eigenvalue weighted by Gasteiger charge is -2.31. The zero-order chi connectivity index (χ0) is 13.0. The Morgan fingerprint density at radius 3 is 2.41 bits per heavy atom. The molecule has 1 aromatic carbocycles. The van der Waals surface area contributed by atoms with Crippen molar-refractivity contribution in [2.45, 2.75) is 39.8 Å². The van der Waals surface area contributed by atoms with Crippen LogP contribution in [0.3, 0.4) is 0 Å². The van der Waals surface area contributed by atoms with Crippen molar-refractivity contribution in [3.05, 3.63) is 28.2 Å². The highest BCUT2D eigenvalue weighted by Crippen LogP contribution is 2.30. The van der Waals surface area contributed by atoms with Crippen LogP contribution < -0.4 is 10.2 Å². The van der Waals surface area contributed by atoms with Gasteiger partial charge in [0.1, 0.15) is 0 Å². The summed E-state index contributed by atoms with van der Waals surface area (Å²) in [6.45, 7) is 9.89. The molecule has 1 unspecified atom stereocenters. The van der Waals surface area contributed by atoms with Gasteiger partial charge < -0.3 is 10.2 Å². The minimum atomic E-state index is 0.367. The van der Waals surface area contributed by atoms with Crippen LogP contribution in [0.4, 0.5) is 5.69 Å². The normalized spacial score (nSPS) is 12.9. The summed E-state index contributed by atoms with van der Waals surface area (Å²) in [7, 11) is 2.00. The van der Waals surface area contributed by atoms with Crippen LogP contribution in [0.5, 0.6) is 0 Å². The highest BCUT2D eigenvalue weighted by Gasteiger charge is 2.16. The van der Waals surface area contributed by atoms with Gasteiger partial charge >= 0.3 is 0 Å². The fourth-order valence-corrected chi connectivity index (χ4v) is 2.45. The summed E-state index contributed by atoms with van der Waals surface area (Å²) in [5.41, 5.74) is 2.67. The van der Waals surface area contributed by atoms with Gasteiger partial charge in [0, 0.05) is 28.8 Å². The van der Waals surface area contributed by atoms with Gasteiger partial charge in [0.25, 0.3) is 0 Å². The Morgan fingerprint density at radius 2 is 1.94 bits per heavy atom. The van der Waals surface area contributed by atoms with E-state index in [1.54, 1.807) is 0 Å². The predicted molar refractivity (Wildman–Crippen MR) is 79.8 cm³/mol. The third-order valence-corrected chi connectivity index (χ3v) is 3.66. The monoisotopic (exact) mass is 298 g/mol. The second kappa shape index (κ2) is 6.41. The predicted octanol–water partition coefficient (Wildman–Crippen LogP) is 3.96. The topological polar surface area (TPSA) is 15.3 Å². The van der Waals surface area contributed by atoms with Crippen LogP contribution in [0.25, 0.3) is 0 Å². The van der Waals surface area contributed by atoms with Gasteiger partial charge in [-0.2, -0.15) is 0 Å². The molecule has 0 fully saturated rings. The largest absolute Gasteiger partial charge is 0.369 e. The fraction of sp³-hybridized carbons (Fsp3) is 0.571. The van der Waals surface area contributed by atoms with Crippen molar-refractivity contribution in [3.63, 3.8) is 0 Å². The molecule has 0 heterocycles. The van der Waals surface area contributed by atoms with Gasteiger partial charge in [0.2, 0.25) is 0 Å². The van der Waals surface area contributed by atoms with E-state index in [-0.39, 0.29) is 0 Å². The van der Waals surface area contributed by atoms with E-state index >= 15 is 0 Å². The van der Waals surface area contributed by atoms with Crippen molar-refractivity contribution in [2.75, 3.05) is 18.5 Å². The second-order valence-electron chi connectivity index (χ2n) is 4.59. The molecule has 0 radical (unpaired) electrons. The zero-order valence-corrected chi connectivity index (χ0v) is 13.0. The molecule has 1 N–H and O–H groups in total. The van der Waals surface area contributed by atoms with E-state index in [0.29, 0.717) is 12.1 Å². The number of nitrogens with one attached hydrogen (secondary N) is 1. The van der Waals surface area contributed by atoms with E-state index in [4.69, 9.17) is 0 Å². The zero-order valence-electron chi connectivity index (χ0n) is 11.4. The lowest BCUT2D eigenvalue weighted by Crippen LogP contribution is -2.32. The van der Waals surface area contributed by atoms with Crippen LogP contribution >= 0.6 is 15.9 Å². The third kappa shape index (κ3) is 3.46. The van der Waals surface area contributed by atoms with Crippen LogP contribution in [-0.4, -0.2) is 19.6 Å². The average Bonchev–Trinajstić information content (AvgIpc) is 2.29. The average molecular weight is 299 g/mol. The Hall–Kier alpha value is -0.540. The maximum atomic E-state index is 3.57. The lowest BCUT2D eigenvalue weighted by atomic mass is 10.0. The van der Waals surface area contributed by atoms with E-state index in [1.165, 1.54) is 11.3 Å². The maximum Gasteiger partial charge on any atom is 0.0428 e. The van der Waals surface area contributed by atoms with Gasteiger partial charge in [0.15, 0.2) is 0 Å². The first-order valence-corrected chi connectivity index (χ1v) is 7.03. The second-order valence-corrected chi connectivity index (χ2v) is 5.51. The summed E-state index contributed by atoms with van der Waals surface area (Å²) in [5, 5.41) is 3.32. The third-order valence-electron chi connectivity index (χ3n) is 3.17. The van der Waals surface area contributed by atoms with Crippen molar-refractivity contribution >= 4 is 21.6 Å². The molecule has 17 heavy (non-hydrogen) atoms. The highest BCUT2D eigenvalue weighted by molar-refractivity contribution is 9.10. The first-order chi connectivity index (χ1) is 8.01. The summed E-state index contributed by atoms with van der Waals surface area (Å²) in [4.78, 5) is 2.42. The number of halogens is 1. The molecule has 0 spiro atoms. The van der Waals surface area contributed by atoms with Gasteiger partial charge in [-0.3, -0.25) is 0 Å². The van der Waals surface area contributed by atoms with E-state index in [1.807, 2.05) is 7.05 Å². The highest BCUT2D eigenvalue weighted by atomic mass is 79.9. The molecular weight excluding hydrogens is 276 g/mol. The quantitative estimate of drug-likeness (QED) is 0.885. The summed E-state index contributed by atoms with van der Waals surface area (Å²) in [6, 6.07) is 7.40. The summed E-state index contributed by atoms with van der Waals surface area (Å²) < 4.78 is 1.14. The van der Waals surface area contributed by atoms with E-state index in [9.17, 15) is 0 Å². The molecule has 0 aromatic heterocycles. The molecule has 0 aliphatic heterocycles. The molecule has 0 saturated heterocycles. The number of hydrogen-bond acceptors (Lipinski definition) is 2. The van der Waals surface area contributed by atoms with Gasteiger partial charge in [0.05, 0.1) is 0 Å². The Kier molecular flexibility index (Phi) is 5.47. The van der Waals surface area contributed by atoms with E-state index in [2.05, 4.69) is 72.0 Å². The smallest absolute Gasteiger partial charge is 0.0428 e. The molecule has 3 heteroatoms. The standard InChI is InChI=1S/C14H23BrN2/c1-6-17(10(2)3)14-9-12(15)7-8-13(14)11(4)16-5/h7-11,16H,6H2,1-5H3. The Bertz CT molecular complexity index is 363. The van der Waals surface area contributed by atoms with E-state index in [0.717, 1.165) is 11.0 Å². The van der Waals surface area contributed by atoms with Crippen molar-refractivity contribution < 1.29 is 0 Å². The van der Waals surface area contributed by atoms with Crippen LogP contribution in [0, 0.1) is 0 Å².